The van der Waals surface area contributed by atoms with E-state index in [0.29, 0.717) is 12.5 Å². The van der Waals surface area contributed by atoms with Crippen molar-refractivity contribution in [2.45, 2.75) is 52.5 Å². The van der Waals surface area contributed by atoms with E-state index in [9.17, 15) is 4.79 Å². The van der Waals surface area contributed by atoms with Gasteiger partial charge in [0.15, 0.2) is 0 Å². The lowest BCUT2D eigenvalue weighted by atomic mass is 9.90. The van der Waals surface area contributed by atoms with Crippen LogP contribution in [0.15, 0.2) is 36.7 Å². The van der Waals surface area contributed by atoms with Crippen molar-refractivity contribution >= 4 is 5.91 Å². The van der Waals surface area contributed by atoms with Crippen molar-refractivity contribution in [1.29, 1.82) is 0 Å². The third-order valence-electron chi connectivity index (χ3n) is 5.38. The molecule has 134 valence electrons. The van der Waals surface area contributed by atoms with Gasteiger partial charge < -0.3 is 9.47 Å². The third-order valence-corrected chi connectivity index (χ3v) is 5.38. The topological polar surface area (TPSA) is 38.1 Å². The van der Waals surface area contributed by atoms with E-state index < -0.39 is 0 Å². The molecule has 2 heterocycles. The minimum Gasteiger partial charge on any atom is -0.341 e. The van der Waals surface area contributed by atoms with Crippen LogP contribution in [0.1, 0.15) is 43.1 Å². The molecule has 0 spiro atoms. The summed E-state index contributed by atoms with van der Waals surface area (Å²) in [5.74, 6) is 1.83. The molecule has 1 atom stereocenters. The van der Waals surface area contributed by atoms with Crippen LogP contribution >= 0.6 is 0 Å². The van der Waals surface area contributed by atoms with E-state index in [4.69, 9.17) is 0 Å². The minimum atomic E-state index is 0.230. The van der Waals surface area contributed by atoms with Crippen LogP contribution < -0.4 is 0 Å². The maximum absolute atomic E-state index is 12.7. The Hall–Kier alpha value is -2.10. The van der Waals surface area contributed by atoms with Gasteiger partial charge in [0.25, 0.3) is 0 Å². The fraction of sp³-hybridized carbons (Fsp3) is 0.524. The van der Waals surface area contributed by atoms with Crippen LogP contribution in [0.5, 0.6) is 0 Å². The Morgan fingerprint density at radius 2 is 2.16 bits per heavy atom. The molecule has 1 aromatic heterocycles. The van der Waals surface area contributed by atoms with Crippen LogP contribution in [0.4, 0.5) is 0 Å². The van der Waals surface area contributed by atoms with Crippen LogP contribution in [0.3, 0.4) is 0 Å². The molecule has 1 aliphatic heterocycles. The number of carbonyl (C=O) groups is 1. The number of nitrogens with zero attached hydrogens (tertiary/aromatic N) is 3. The summed E-state index contributed by atoms with van der Waals surface area (Å²) in [6.45, 7) is 6.48. The predicted molar refractivity (Wildman–Crippen MR) is 100 cm³/mol. The number of likely N-dealkylation sites (tertiary alicyclic amines) is 1. The number of piperidine rings is 1. The lowest BCUT2D eigenvalue weighted by Gasteiger charge is -2.33. The highest BCUT2D eigenvalue weighted by molar-refractivity contribution is 5.76. The molecule has 1 aromatic carbocycles. The van der Waals surface area contributed by atoms with Gasteiger partial charge in [-0.05, 0) is 49.7 Å². The van der Waals surface area contributed by atoms with Crippen LogP contribution in [0, 0.1) is 12.8 Å². The molecule has 0 unspecified atom stereocenters. The number of amides is 1. The number of aryl methyl sites for hydroxylation is 3. The molecule has 1 amide bonds. The maximum Gasteiger partial charge on any atom is 0.242 e. The van der Waals surface area contributed by atoms with Crippen LogP contribution in [-0.2, 0) is 24.2 Å². The molecule has 25 heavy (non-hydrogen) atoms. The molecule has 0 radical (unpaired) electrons. The average molecular weight is 339 g/mol. The Bertz CT molecular complexity index is 707. The highest BCUT2D eigenvalue weighted by Gasteiger charge is 2.24. The summed E-state index contributed by atoms with van der Waals surface area (Å²) in [5.41, 5.74) is 2.82. The van der Waals surface area contributed by atoms with Crippen molar-refractivity contribution < 1.29 is 4.79 Å². The first-order chi connectivity index (χ1) is 12.2. The van der Waals surface area contributed by atoms with Crippen molar-refractivity contribution in [3.63, 3.8) is 0 Å². The maximum atomic E-state index is 12.7. The Morgan fingerprint density at radius 3 is 2.96 bits per heavy atom. The van der Waals surface area contributed by atoms with E-state index in [1.807, 2.05) is 10.8 Å². The number of imidazole rings is 1. The van der Waals surface area contributed by atoms with Gasteiger partial charge >= 0.3 is 0 Å². The molecular formula is C21H29N3O. The molecule has 1 saturated heterocycles. The normalized spacial score (nSPS) is 17.7. The highest BCUT2D eigenvalue weighted by Crippen LogP contribution is 2.23. The Labute approximate surface area is 150 Å². The summed E-state index contributed by atoms with van der Waals surface area (Å²) in [5, 5.41) is 0. The second-order valence-electron chi connectivity index (χ2n) is 7.14. The monoisotopic (exact) mass is 339 g/mol. The second kappa shape index (κ2) is 8.32. The number of aromatic nitrogens is 2. The van der Waals surface area contributed by atoms with Crippen LogP contribution in [-0.4, -0.2) is 33.4 Å². The van der Waals surface area contributed by atoms with Crippen molar-refractivity contribution in [3.05, 3.63) is 53.6 Å². The summed E-state index contributed by atoms with van der Waals surface area (Å²) >= 11 is 0. The number of hydrogen-bond acceptors (Lipinski definition) is 2. The van der Waals surface area contributed by atoms with Gasteiger partial charge in [0.2, 0.25) is 5.91 Å². The smallest absolute Gasteiger partial charge is 0.242 e. The van der Waals surface area contributed by atoms with Gasteiger partial charge in [-0.2, -0.15) is 0 Å². The van der Waals surface area contributed by atoms with Gasteiger partial charge in [-0.1, -0.05) is 31.2 Å². The van der Waals surface area contributed by atoms with Crippen LogP contribution in [0.2, 0.25) is 0 Å². The number of hydrogen-bond donors (Lipinski definition) is 0. The van der Waals surface area contributed by atoms with Crippen molar-refractivity contribution in [2.24, 2.45) is 5.92 Å². The van der Waals surface area contributed by atoms with E-state index in [2.05, 4.69) is 48.0 Å². The summed E-state index contributed by atoms with van der Waals surface area (Å²) in [6, 6.07) is 8.63. The zero-order valence-electron chi connectivity index (χ0n) is 15.4. The van der Waals surface area contributed by atoms with E-state index in [-0.39, 0.29) is 5.91 Å². The van der Waals surface area contributed by atoms with E-state index in [0.717, 1.165) is 38.2 Å². The molecule has 0 N–H and O–H groups in total. The summed E-state index contributed by atoms with van der Waals surface area (Å²) in [4.78, 5) is 19.1. The SMILES string of the molecule is CCc1nccn1CC(=O)N1CCC[C@H](CCc2ccccc2C)C1. The van der Waals surface area contributed by atoms with Gasteiger partial charge in [-0.15, -0.1) is 0 Å². The van der Waals surface area contributed by atoms with Gasteiger partial charge in [-0.25, -0.2) is 4.98 Å². The third kappa shape index (κ3) is 4.50. The van der Waals surface area contributed by atoms with E-state index >= 15 is 0 Å². The molecule has 2 aromatic rings. The van der Waals surface area contributed by atoms with Crippen molar-refractivity contribution in [1.82, 2.24) is 14.5 Å². The van der Waals surface area contributed by atoms with Gasteiger partial charge in [0, 0.05) is 31.9 Å². The first-order valence-electron chi connectivity index (χ1n) is 9.49. The standard InChI is InChI=1S/C21H29N3O/c1-3-20-22-12-14-23(20)16-21(25)24-13-6-8-18(15-24)10-11-19-9-5-4-7-17(19)2/h4-5,7,9,12,14,18H,3,6,8,10-11,13,15-16H2,1-2H3/t18-/m1/s1. The van der Waals surface area contributed by atoms with E-state index in [1.54, 1.807) is 6.20 Å². The largest absolute Gasteiger partial charge is 0.341 e. The minimum absolute atomic E-state index is 0.230. The van der Waals surface area contributed by atoms with Crippen molar-refractivity contribution in [3.8, 4) is 0 Å². The first-order valence-corrected chi connectivity index (χ1v) is 9.49. The molecule has 4 heteroatoms. The van der Waals surface area contributed by atoms with Crippen LogP contribution in [0.25, 0.3) is 0 Å². The zero-order chi connectivity index (χ0) is 17.6. The molecule has 3 rings (SSSR count). The number of benzene rings is 1. The van der Waals surface area contributed by atoms with Crippen molar-refractivity contribution in [2.75, 3.05) is 13.1 Å². The molecule has 1 aliphatic rings. The summed E-state index contributed by atoms with van der Waals surface area (Å²) < 4.78 is 1.99. The lowest BCUT2D eigenvalue weighted by molar-refractivity contribution is -0.133. The summed E-state index contributed by atoms with van der Waals surface area (Å²) in [7, 11) is 0. The Morgan fingerprint density at radius 1 is 1.32 bits per heavy atom. The second-order valence-corrected chi connectivity index (χ2v) is 7.14. The lowest BCUT2D eigenvalue weighted by Crippen LogP contribution is -2.41. The van der Waals surface area contributed by atoms with Gasteiger partial charge in [0.05, 0.1) is 0 Å². The number of carbonyl (C=O) groups excluding carboxylic acids is 1. The highest BCUT2D eigenvalue weighted by atomic mass is 16.2. The average Bonchev–Trinajstić information content (AvgIpc) is 3.08. The molecule has 0 bridgehead atoms. The fourth-order valence-corrected chi connectivity index (χ4v) is 3.82. The predicted octanol–water partition coefficient (Wildman–Crippen LogP) is 3.63. The molecule has 4 nitrogen and oxygen atoms in total. The fourth-order valence-electron chi connectivity index (χ4n) is 3.82. The van der Waals surface area contributed by atoms with Gasteiger partial charge in [-0.3, -0.25) is 4.79 Å². The molecule has 0 saturated carbocycles. The molecular weight excluding hydrogens is 310 g/mol. The molecule has 0 aliphatic carbocycles. The Kier molecular flexibility index (Phi) is 5.90. The van der Waals surface area contributed by atoms with E-state index in [1.165, 1.54) is 24.0 Å². The quantitative estimate of drug-likeness (QED) is 0.806. The Balaban J connectivity index is 1.54. The number of rotatable bonds is 6. The van der Waals surface area contributed by atoms with Gasteiger partial charge in [0.1, 0.15) is 12.4 Å². The summed E-state index contributed by atoms with van der Waals surface area (Å²) in [6.07, 6.45) is 9.19. The first kappa shape index (κ1) is 17.7. The molecule has 1 fully saturated rings. The zero-order valence-corrected chi connectivity index (χ0v) is 15.4.